The molecule has 1 atom stereocenters. The van der Waals surface area contributed by atoms with Gasteiger partial charge in [0.1, 0.15) is 11.3 Å². The van der Waals surface area contributed by atoms with Crippen molar-refractivity contribution in [1.29, 1.82) is 0 Å². The Morgan fingerprint density at radius 1 is 1.19 bits per heavy atom. The Hall–Kier alpha value is -2.30. The van der Waals surface area contributed by atoms with Crippen LogP contribution in [0.1, 0.15) is 62.6 Å². The Kier molecular flexibility index (Phi) is 6.19. The minimum Gasteiger partial charge on any atom is -0.479 e. The van der Waals surface area contributed by atoms with Gasteiger partial charge in [0, 0.05) is 17.0 Å². The molecule has 0 radical (unpaired) electrons. The molecule has 0 N–H and O–H groups in total. The Balaban J connectivity index is 2.00. The molecule has 146 valence electrons. The maximum atomic E-state index is 12.3. The molecule has 1 aliphatic carbocycles. The fourth-order valence-electron chi connectivity index (χ4n) is 3.81. The van der Waals surface area contributed by atoms with Crippen LogP contribution in [-0.2, 0) is 28.8 Å². The number of hydrogen-bond acceptors (Lipinski definition) is 5. The quantitative estimate of drug-likeness (QED) is 0.392. The molecule has 0 saturated carbocycles. The predicted octanol–water partition coefficient (Wildman–Crippen LogP) is 4.34. The van der Waals surface area contributed by atoms with Crippen molar-refractivity contribution in [3.05, 3.63) is 39.2 Å². The minimum atomic E-state index is -0.719. The molecule has 3 rings (SSSR count). The SMILES string of the molecule is CCCCCCc1cc2c3c(c(=O)oc2cc1OC(C)C(=O)OC)CCC3. The van der Waals surface area contributed by atoms with Gasteiger partial charge >= 0.3 is 11.6 Å². The zero-order chi connectivity index (χ0) is 19.4. The lowest BCUT2D eigenvalue weighted by Gasteiger charge is -2.17. The van der Waals surface area contributed by atoms with Crippen molar-refractivity contribution in [3.8, 4) is 5.75 Å². The first-order chi connectivity index (χ1) is 13.0. The van der Waals surface area contributed by atoms with Crippen LogP contribution >= 0.6 is 0 Å². The fourth-order valence-corrected chi connectivity index (χ4v) is 3.81. The van der Waals surface area contributed by atoms with Gasteiger partial charge in [-0.1, -0.05) is 26.2 Å². The maximum absolute atomic E-state index is 12.3. The van der Waals surface area contributed by atoms with Crippen LogP contribution in [0.3, 0.4) is 0 Å². The van der Waals surface area contributed by atoms with Gasteiger partial charge in [0.25, 0.3) is 0 Å². The summed E-state index contributed by atoms with van der Waals surface area (Å²) >= 11 is 0. The first-order valence-corrected chi connectivity index (χ1v) is 9.91. The second-order valence-electron chi connectivity index (χ2n) is 7.25. The zero-order valence-electron chi connectivity index (χ0n) is 16.4. The largest absolute Gasteiger partial charge is 0.479 e. The number of hydrogen-bond donors (Lipinski definition) is 0. The summed E-state index contributed by atoms with van der Waals surface area (Å²) in [6.45, 7) is 3.85. The second-order valence-corrected chi connectivity index (χ2v) is 7.25. The number of carbonyl (C=O) groups is 1. The summed E-state index contributed by atoms with van der Waals surface area (Å²) in [5, 5.41) is 1.01. The van der Waals surface area contributed by atoms with Gasteiger partial charge in [-0.25, -0.2) is 9.59 Å². The van der Waals surface area contributed by atoms with Gasteiger partial charge in [-0.15, -0.1) is 0 Å². The number of methoxy groups -OCH3 is 1. The van der Waals surface area contributed by atoms with Crippen molar-refractivity contribution in [1.82, 2.24) is 0 Å². The first-order valence-electron chi connectivity index (χ1n) is 9.91. The Labute approximate surface area is 159 Å². The van der Waals surface area contributed by atoms with E-state index in [1.54, 1.807) is 13.0 Å². The van der Waals surface area contributed by atoms with E-state index in [9.17, 15) is 9.59 Å². The van der Waals surface area contributed by atoms with Crippen molar-refractivity contribution in [3.63, 3.8) is 0 Å². The zero-order valence-corrected chi connectivity index (χ0v) is 16.4. The molecular formula is C22H28O5. The summed E-state index contributed by atoms with van der Waals surface area (Å²) in [6.07, 6.45) is 7.43. The standard InChI is InChI=1S/C22H28O5/c1-4-5-6-7-9-15-12-18-16-10-8-11-17(16)22(24)27-20(18)13-19(15)26-14(2)21(23)25-3/h12-14H,4-11H2,1-3H3. The minimum absolute atomic E-state index is 0.252. The third kappa shape index (κ3) is 4.18. The van der Waals surface area contributed by atoms with Crippen LogP contribution in [0.25, 0.3) is 11.0 Å². The van der Waals surface area contributed by atoms with Crippen LogP contribution in [0.4, 0.5) is 0 Å². The van der Waals surface area contributed by atoms with Crippen molar-refractivity contribution in [2.75, 3.05) is 7.11 Å². The van der Waals surface area contributed by atoms with Crippen LogP contribution in [0.15, 0.2) is 21.3 Å². The molecule has 1 heterocycles. The second kappa shape index (κ2) is 8.59. The lowest BCUT2D eigenvalue weighted by molar-refractivity contribution is -0.147. The van der Waals surface area contributed by atoms with E-state index in [0.717, 1.165) is 60.6 Å². The summed E-state index contributed by atoms with van der Waals surface area (Å²) in [4.78, 5) is 24.0. The van der Waals surface area contributed by atoms with E-state index in [1.807, 2.05) is 0 Å². The van der Waals surface area contributed by atoms with Crippen LogP contribution in [-0.4, -0.2) is 19.2 Å². The van der Waals surface area contributed by atoms with Crippen molar-refractivity contribution < 1.29 is 18.7 Å². The smallest absolute Gasteiger partial charge is 0.346 e. The molecular weight excluding hydrogens is 344 g/mol. The number of esters is 1. The van der Waals surface area contributed by atoms with E-state index in [0.29, 0.717) is 11.3 Å². The predicted molar refractivity (Wildman–Crippen MR) is 104 cm³/mol. The van der Waals surface area contributed by atoms with Gasteiger partial charge in [-0.2, -0.15) is 0 Å². The molecule has 0 aliphatic heterocycles. The molecule has 1 unspecified atom stereocenters. The van der Waals surface area contributed by atoms with Gasteiger partial charge in [-0.3, -0.25) is 0 Å². The lowest BCUT2D eigenvalue weighted by Crippen LogP contribution is -2.25. The molecule has 1 aromatic carbocycles. The molecule has 27 heavy (non-hydrogen) atoms. The number of rotatable bonds is 8. The van der Waals surface area contributed by atoms with Crippen LogP contribution in [0.2, 0.25) is 0 Å². The lowest BCUT2D eigenvalue weighted by atomic mass is 10.00. The summed E-state index contributed by atoms with van der Waals surface area (Å²) in [5.74, 6) is 0.167. The average molecular weight is 372 g/mol. The molecule has 5 nitrogen and oxygen atoms in total. The Morgan fingerprint density at radius 3 is 2.70 bits per heavy atom. The molecule has 0 fully saturated rings. The highest BCUT2D eigenvalue weighted by Gasteiger charge is 2.22. The molecule has 0 amide bonds. The summed E-state index contributed by atoms with van der Waals surface area (Å²) in [6, 6.07) is 3.86. The van der Waals surface area contributed by atoms with Crippen LogP contribution in [0, 0.1) is 0 Å². The molecule has 0 spiro atoms. The van der Waals surface area contributed by atoms with E-state index >= 15 is 0 Å². The van der Waals surface area contributed by atoms with E-state index in [1.165, 1.54) is 20.0 Å². The van der Waals surface area contributed by atoms with Gasteiger partial charge in [0.05, 0.1) is 7.11 Å². The number of benzene rings is 1. The third-order valence-corrected chi connectivity index (χ3v) is 5.29. The highest BCUT2D eigenvalue weighted by Crippen LogP contribution is 2.33. The maximum Gasteiger partial charge on any atom is 0.346 e. The van der Waals surface area contributed by atoms with Crippen LogP contribution in [0.5, 0.6) is 5.75 Å². The normalized spacial score (nSPS) is 14.2. The summed E-state index contributed by atoms with van der Waals surface area (Å²) in [7, 11) is 1.34. The van der Waals surface area contributed by atoms with Gasteiger partial charge in [0.15, 0.2) is 6.10 Å². The van der Waals surface area contributed by atoms with E-state index < -0.39 is 12.1 Å². The molecule has 1 aromatic heterocycles. The van der Waals surface area contributed by atoms with E-state index in [2.05, 4.69) is 13.0 Å². The average Bonchev–Trinajstić information content (AvgIpc) is 3.16. The number of ether oxygens (including phenoxy) is 2. The van der Waals surface area contributed by atoms with Crippen LogP contribution < -0.4 is 10.4 Å². The highest BCUT2D eigenvalue weighted by molar-refractivity contribution is 5.84. The number of unbranched alkanes of at least 4 members (excludes halogenated alkanes) is 3. The number of aryl methyl sites for hydroxylation is 2. The molecule has 2 aromatic rings. The molecule has 0 saturated heterocycles. The highest BCUT2D eigenvalue weighted by atomic mass is 16.6. The summed E-state index contributed by atoms with van der Waals surface area (Å²) < 4.78 is 16.2. The fraction of sp³-hybridized carbons (Fsp3) is 0.545. The van der Waals surface area contributed by atoms with Gasteiger partial charge < -0.3 is 13.9 Å². The monoisotopic (exact) mass is 372 g/mol. The first kappa shape index (κ1) is 19.5. The van der Waals surface area contributed by atoms with E-state index in [-0.39, 0.29) is 5.63 Å². The third-order valence-electron chi connectivity index (χ3n) is 5.29. The van der Waals surface area contributed by atoms with Crippen molar-refractivity contribution in [2.24, 2.45) is 0 Å². The van der Waals surface area contributed by atoms with Crippen molar-refractivity contribution >= 4 is 16.9 Å². The summed E-state index contributed by atoms with van der Waals surface area (Å²) in [5.41, 5.74) is 3.26. The number of carbonyl (C=O) groups excluding carboxylic acids is 1. The topological polar surface area (TPSA) is 65.7 Å². The Morgan fingerprint density at radius 2 is 1.96 bits per heavy atom. The number of fused-ring (bicyclic) bond motifs is 3. The molecule has 0 bridgehead atoms. The molecule has 5 heteroatoms. The van der Waals surface area contributed by atoms with Gasteiger partial charge in [-0.05, 0) is 56.2 Å². The van der Waals surface area contributed by atoms with Crippen molar-refractivity contribution in [2.45, 2.75) is 71.3 Å². The van der Waals surface area contributed by atoms with E-state index in [4.69, 9.17) is 13.9 Å². The Bertz CT molecular complexity index is 880. The molecule has 1 aliphatic rings. The van der Waals surface area contributed by atoms with Gasteiger partial charge in [0.2, 0.25) is 0 Å².